The molecule has 0 aliphatic heterocycles. The average Bonchev–Trinajstić information content (AvgIpc) is 2.59. The minimum absolute atomic E-state index is 0.0632. The molecule has 2 aromatic carbocycles. The van der Waals surface area contributed by atoms with E-state index >= 15 is 0 Å². The van der Waals surface area contributed by atoms with Gasteiger partial charge in [0.05, 0.1) is 10.6 Å². The number of hydrogen-bond acceptors (Lipinski definition) is 3. The molecule has 0 saturated carbocycles. The van der Waals surface area contributed by atoms with Crippen molar-refractivity contribution >= 4 is 15.7 Å². The zero-order chi connectivity index (χ0) is 17.0. The Morgan fingerprint density at radius 3 is 2.50 bits per heavy atom. The summed E-state index contributed by atoms with van der Waals surface area (Å²) in [7, 11) is -3.60. The molecule has 0 bridgehead atoms. The van der Waals surface area contributed by atoms with Crippen LogP contribution in [0, 0.1) is 0 Å². The minimum Gasteiger partial charge on any atom is -0.506 e. The van der Waals surface area contributed by atoms with Gasteiger partial charge in [0.15, 0.2) is 0 Å². The van der Waals surface area contributed by atoms with Gasteiger partial charge in [-0.25, -0.2) is 8.42 Å². The summed E-state index contributed by atoms with van der Waals surface area (Å²) in [6.07, 6.45) is 5.70. The predicted octanol–water partition coefficient (Wildman–Crippen LogP) is 4.18. The van der Waals surface area contributed by atoms with E-state index in [0.29, 0.717) is 17.7 Å². The number of aromatic hydroxyl groups is 1. The molecule has 0 radical (unpaired) electrons. The number of hydrogen-bond donors (Lipinski definition) is 2. The van der Waals surface area contributed by atoms with Gasteiger partial charge in [-0.2, -0.15) is 0 Å². The van der Waals surface area contributed by atoms with E-state index in [1.165, 1.54) is 6.07 Å². The Kier molecular flexibility index (Phi) is 4.90. The molecule has 0 saturated heterocycles. The molecule has 1 aliphatic rings. The van der Waals surface area contributed by atoms with Crippen LogP contribution < -0.4 is 4.72 Å². The van der Waals surface area contributed by atoms with Crippen molar-refractivity contribution in [1.29, 1.82) is 0 Å². The quantitative estimate of drug-likeness (QED) is 0.800. The average molecular weight is 343 g/mol. The molecule has 1 aliphatic carbocycles. The van der Waals surface area contributed by atoms with E-state index in [0.717, 1.165) is 30.4 Å². The van der Waals surface area contributed by atoms with E-state index in [9.17, 15) is 13.5 Å². The number of allylic oxidation sites excluding steroid dienone is 2. The highest BCUT2D eigenvalue weighted by molar-refractivity contribution is 7.96. The fourth-order valence-electron chi connectivity index (χ4n) is 2.87. The summed E-state index contributed by atoms with van der Waals surface area (Å²) in [5.74, 6) is -0.0632. The molecule has 5 heteroatoms. The Labute approximate surface area is 142 Å². The first-order chi connectivity index (χ1) is 11.5. The Morgan fingerprint density at radius 1 is 1.00 bits per heavy atom. The van der Waals surface area contributed by atoms with Crippen molar-refractivity contribution < 1.29 is 13.5 Å². The van der Waals surface area contributed by atoms with E-state index in [4.69, 9.17) is 0 Å². The third kappa shape index (κ3) is 3.97. The normalized spacial score (nSPS) is 14.9. The molecule has 0 fully saturated rings. The van der Waals surface area contributed by atoms with Gasteiger partial charge in [0.2, 0.25) is 0 Å². The zero-order valence-corrected chi connectivity index (χ0v) is 14.2. The topological polar surface area (TPSA) is 66.4 Å². The Morgan fingerprint density at radius 2 is 1.79 bits per heavy atom. The van der Waals surface area contributed by atoms with Gasteiger partial charge in [0, 0.05) is 0 Å². The lowest BCUT2D eigenvalue weighted by molar-refractivity contribution is 0.477. The first-order valence-corrected chi connectivity index (χ1v) is 9.60. The van der Waals surface area contributed by atoms with Crippen LogP contribution in [0.25, 0.3) is 0 Å². The van der Waals surface area contributed by atoms with Crippen LogP contribution >= 0.6 is 0 Å². The highest BCUT2D eigenvalue weighted by atomic mass is 32.2. The van der Waals surface area contributed by atoms with Crippen molar-refractivity contribution in [3.8, 4) is 5.75 Å². The van der Waals surface area contributed by atoms with Crippen LogP contribution in [-0.2, 0) is 16.4 Å². The highest BCUT2D eigenvalue weighted by Gasteiger charge is 2.20. The number of phenols is 1. The van der Waals surface area contributed by atoms with Gasteiger partial charge >= 0.3 is 0 Å². The summed E-state index contributed by atoms with van der Waals surface area (Å²) in [6.45, 7) is 0. The van der Waals surface area contributed by atoms with Crippen LogP contribution in [0.4, 0.5) is 5.69 Å². The molecule has 126 valence electrons. The number of phenolic OH excluding ortho intramolecular Hbond substituents is 1. The van der Waals surface area contributed by atoms with Crippen molar-refractivity contribution in [2.24, 2.45) is 0 Å². The van der Waals surface area contributed by atoms with Crippen molar-refractivity contribution in [3.05, 3.63) is 70.6 Å². The van der Waals surface area contributed by atoms with E-state index < -0.39 is 10.0 Å². The lowest BCUT2D eigenvalue weighted by atomic mass is 10.0. The molecular formula is C19H21NO3S. The molecule has 2 aromatic rings. The number of anilines is 1. The monoisotopic (exact) mass is 343 g/mol. The zero-order valence-electron chi connectivity index (χ0n) is 13.4. The fourth-order valence-corrected chi connectivity index (χ4v) is 4.20. The second-order valence-electron chi connectivity index (χ2n) is 6.04. The summed E-state index contributed by atoms with van der Waals surface area (Å²) >= 11 is 0. The standard InChI is InChI=1S/C19H21NO3S/c21-19-12-11-16(13-15-7-3-1-4-8-15)14-18(19)20-24(22,23)17-9-5-2-6-10-17/h1,3-4,7-9,11-12,14,20-21H,2,5-6,10,13H2. The van der Waals surface area contributed by atoms with Crippen LogP contribution in [0.15, 0.2) is 59.5 Å². The van der Waals surface area contributed by atoms with Crippen molar-refractivity contribution in [1.82, 2.24) is 0 Å². The second kappa shape index (κ2) is 7.09. The first-order valence-electron chi connectivity index (χ1n) is 8.12. The summed E-state index contributed by atoms with van der Waals surface area (Å²) < 4.78 is 27.5. The number of sulfonamides is 1. The van der Waals surface area contributed by atoms with Gasteiger partial charge in [-0.1, -0.05) is 42.5 Å². The molecule has 0 amide bonds. The minimum atomic E-state index is -3.60. The smallest absolute Gasteiger partial charge is 0.257 e. The lowest BCUT2D eigenvalue weighted by Crippen LogP contribution is -2.16. The van der Waals surface area contributed by atoms with E-state index in [1.807, 2.05) is 30.3 Å². The van der Waals surface area contributed by atoms with Crippen LogP contribution in [-0.4, -0.2) is 13.5 Å². The SMILES string of the molecule is O=S(=O)(Nc1cc(Cc2ccccc2)ccc1O)C1=CCCCC1. The summed E-state index contributed by atoms with van der Waals surface area (Å²) in [5, 5.41) is 10.0. The fraction of sp³-hybridized carbons (Fsp3) is 0.263. The predicted molar refractivity (Wildman–Crippen MR) is 96.4 cm³/mol. The maximum atomic E-state index is 12.5. The maximum absolute atomic E-state index is 12.5. The van der Waals surface area contributed by atoms with Crippen LogP contribution in [0.3, 0.4) is 0 Å². The Hall–Kier alpha value is -2.27. The molecule has 0 aromatic heterocycles. The van der Waals surface area contributed by atoms with Gasteiger partial charge < -0.3 is 5.11 Å². The van der Waals surface area contributed by atoms with E-state index in [1.54, 1.807) is 18.2 Å². The lowest BCUT2D eigenvalue weighted by Gasteiger charge is -2.16. The highest BCUT2D eigenvalue weighted by Crippen LogP contribution is 2.30. The molecule has 24 heavy (non-hydrogen) atoms. The molecule has 0 unspecified atom stereocenters. The molecule has 2 N–H and O–H groups in total. The third-order valence-electron chi connectivity index (χ3n) is 4.15. The van der Waals surface area contributed by atoms with Crippen LogP contribution in [0.2, 0.25) is 0 Å². The van der Waals surface area contributed by atoms with Crippen molar-refractivity contribution in [2.45, 2.75) is 32.1 Å². The van der Waals surface area contributed by atoms with E-state index in [-0.39, 0.29) is 11.4 Å². The maximum Gasteiger partial charge on any atom is 0.257 e. The van der Waals surface area contributed by atoms with Gasteiger partial charge in [0.1, 0.15) is 5.75 Å². The van der Waals surface area contributed by atoms with Crippen molar-refractivity contribution in [2.75, 3.05) is 4.72 Å². The number of rotatable bonds is 5. The molecular weight excluding hydrogens is 322 g/mol. The Bertz CT molecular complexity index is 842. The van der Waals surface area contributed by atoms with E-state index in [2.05, 4.69) is 4.72 Å². The van der Waals surface area contributed by atoms with Crippen molar-refractivity contribution in [3.63, 3.8) is 0 Å². The summed E-state index contributed by atoms with van der Waals surface area (Å²) in [4.78, 5) is 0.418. The molecule has 3 rings (SSSR count). The van der Waals surface area contributed by atoms with Gasteiger partial charge in [-0.15, -0.1) is 0 Å². The molecule has 0 heterocycles. The van der Waals surface area contributed by atoms with Gasteiger partial charge in [-0.05, 0) is 55.4 Å². The largest absolute Gasteiger partial charge is 0.506 e. The Balaban J connectivity index is 1.83. The summed E-state index contributed by atoms with van der Waals surface area (Å²) in [6, 6.07) is 15.0. The number of benzene rings is 2. The summed E-state index contributed by atoms with van der Waals surface area (Å²) in [5.41, 5.74) is 2.30. The second-order valence-corrected chi connectivity index (χ2v) is 7.77. The molecule has 0 spiro atoms. The van der Waals surface area contributed by atoms with Gasteiger partial charge in [0.25, 0.3) is 10.0 Å². The van der Waals surface area contributed by atoms with Crippen LogP contribution in [0.1, 0.15) is 36.8 Å². The third-order valence-corrected chi connectivity index (χ3v) is 5.70. The number of nitrogens with one attached hydrogen (secondary N) is 1. The van der Waals surface area contributed by atoms with Gasteiger partial charge in [-0.3, -0.25) is 4.72 Å². The molecule has 4 nitrogen and oxygen atoms in total. The molecule has 0 atom stereocenters. The first kappa shape index (κ1) is 16.6. The van der Waals surface area contributed by atoms with Crippen LogP contribution in [0.5, 0.6) is 5.75 Å².